The van der Waals surface area contributed by atoms with E-state index in [4.69, 9.17) is 0 Å². The quantitative estimate of drug-likeness (QED) is 0.0278. The Morgan fingerprint density at radius 2 is 0.629 bits per heavy atom. The first-order chi connectivity index (χ1) is 70.1. The summed E-state index contributed by atoms with van der Waals surface area (Å²) in [6.45, 7) is 20.5. The molecule has 1 saturated carbocycles. The summed E-state index contributed by atoms with van der Waals surface area (Å²) in [5.74, 6) is 4.26. The molecule has 0 unspecified atom stereocenters. The molecule has 5 saturated heterocycles. The van der Waals surface area contributed by atoms with E-state index in [0.29, 0.717) is 84.6 Å². The van der Waals surface area contributed by atoms with E-state index < -0.39 is 0 Å². The zero-order chi connectivity index (χ0) is 97.3. The molecule has 5 aliphatic heterocycles. The van der Waals surface area contributed by atoms with Gasteiger partial charge in [0.2, 0.25) is 29.7 Å². The molecule has 6 fully saturated rings. The number of benzene rings is 4. The van der Waals surface area contributed by atoms with Gasteiger partial charge in [-0.1, -0.05) is 24.3 Å². The third kappa shape index (κ3) is 24.2. The number of carbonyl (C=O) groups is 4. The third-order valence-corrected chi connectivity index (χ3v) is 26.7. The van der Waals surface area contributed by atoms with Gasteiger partial charge in [0.05, 0.1) is 45.6 Å². The lowest BCUT2D eigenvalue weighted by Gasteiger charge is -2.37. The Balaban J connectivity index is 0.000000117. The molecule has 8 N–H and O–H groups in total. The fourth-order valence-corrected chi connectivity index (χ4v) is 18.4. The van der Waals surface area contributed by atoms with Gasteiger partial charge in [-0.2, -0.15) is 0 Å². The molecule has 0 radical (unpaired) electrons. The lowest BCUT2D eigenvalue weighted by molar-refractivity contribution is 0.0603. The summed E-state index contributed by atoms with van der Waals surface area (Å²) < 4.78 is 0. The minimum Gasteiger partial charge on any atom is -0.351 e. The Morgan fingerprint density at radius 3 is 0.979 bits per heavy atom. The molecule has 6 aliphatic rings. The molecule has 18 heterocycles. The Kier molecular flexibility index (Phi) is 29.3. The highest BCUT2D eigenvalue weighted by Crippen LogP contribution is 2.34. The molecule has 0 atom stereocenters. The van der Waals surface area contributed by atoms with Crippen molar-refractivity contribution in [1.29, 1.82) is 0 Å². The third-order valence-electron chi connectivity index (χ3n) is 26.7. The fourth-order valence-electron chi connectivity index (χ4n) is 18.4. The fraction of sp³-hybridized carbons (Fsp3) is 0.290. The van der Waals surface area contributed by atoms with Gasteiger partial charge in [0.15, 0.2) is 0 Å². The number of piperidine rings is 1. The van der Waals surface area contributed by atoms with Crippen molar-refractivity contribution in [2.24, 2.45) is 11.8 Å². The van der Waals surface area contributed by atoms with Crippen LogP contribution in [0, 0.1) is 11.8 Å². The summed E-state index contributed by atoms with van der Waals surface area (Å²) in [6.07, 6.45) is 22.3. The number of aromatic amines is 4. The number of H-pyrrole nitrogens is 4. The number of nitrogens with one attached hydrogen (secondary N) is 8. The molecular weight excluding hydrogens is 1800 g/mol. The van der Waals surface area contributed by atoms with Gasteiger partial charge in [0.25, 0.3) is 23.6 Å². The highest BCUT2D eigenvalue weighted by Gasteiger charge is 2.32. The molecule has 13 aromatic heterocycles. The molecule has 143 heavy (non-hydrogen) atoms. The number of likely N-dealkylation sites (N-methyl/N-ethyl adjacent to an activating group) is 1. The van der Waals surface area contributed by atoms with Crippen LogP contribution < -0.4 is 26.2 Å². The maximum Gasteiger partial charge on any atom is 0.270 e. The Morgan fingerprint density at radius 1 is 0.308 bits per heavy atom. The number of pyridine rings is 4. The van der Waals surface area contributed by atoms with Crippen LogP contribution >= 0.6 is 0 Å². The van der Waals surface area contributed by atoms with Crippen molar-refractivity contribution in [3.05, 3.63) is 285 Å². The molecule has 0 spiro atoms. The van der Waals surface area contributed by atoms with Gasteiger partial charge in [-0.3, -0.25) is 53.8 Å². The van der Waals surface area contributed by atoms with Crippen LogP contribution in [0.5, 0.6) is 0 Å². The second-order valence-electron chi connectivity index (χ2n) is 36.9. The Bertz CT molecular complexity index is 7190. The van der Waals surface area contributed by atoms with E-state index in [1.54, 1.807) is 68.0 Å². The van der Waals surface area contributed by atoms with Crippen molar-refractivity contribution < 1.29 is 19.2 Å². The largest absolute Gasteiger partial charge is 0.351 e. The molecule has 726 valence electrons. The maximum atomic E-state index is 13.3. The zero-order valence-corrected chi connectivity index (χ0v) is 80.2. The average molecular weight is 1910 g/mol. The second-order valence-corrected chi connectivity index (χ2v) is 36.9. The van der Waals surface area contributed by atoms with Crippen LogP contribution in [0.3, 0.4) is 0 Å². The van der Waals surface area contributed by atoms with E-state index in [1.807, 2.05) is 221 Å². The van der Waals surface area contributed by atoms with E-state index in [-0.39, 0.29) is 23.6 Å². The Hall–Kier alpha value is -16.3. The molecule has 4 amide bonds. The average Bonchev–Trinajstić information content (AvgIpc) is 1.67. The van der Waals surface area contributed by atoms with Crippen molar-refractivity contribution >= 4 is 120 Å². The minimum absolute atomic E-state index is 0.0132. The van der Waals surface area contributed by atoms with E-state index in [2.05, 4.69) is 154 Å². The van der Waals surface area contributed by atoms with Gasteiger partial charge in [-0.05, 0) is 241 Å². The summed E-state index contributed by atoms with van der Waals surface area (Å²) in [5.41, 5.74) is 15.7. The van der Waals surface area contributed by atoms with Crippen LogP contribution in [-0.4, -0.2) is 323 Å². The zero-order valence-electron chi connectivity index (χ0n) is 80.2. The number of hydrogen-bond acceptors (Lipinski definition) is 28. The summed E-state index contributed by atoms with van der Waals surface area (Å²) in [5, 5.41) is 16.9. The van der Waals surface area contributed by atoms with E-state index in [0.717, 1.165) is 242 Å². The van der Waals surface area contributed by atoms with Crippen molar-refractivity contribution in [1.82, 2.24) is 134 Å². The van der Waals surface area contributed by atoms with Gasteiger partial charge in [-0.25, -0.2) is 49.8 Å². The van der Waals surface area contributed by atoms with Crippen molar-refractivity contribution in [2.45, 2.75) is 25.7 Å². The topological polar surface area (TPSA) is 392 Å². The minimum atomic E-state index is -0.0132. The number of fused-ring (bicyclic) bond motifs is 4. The molecule has 4 aromatic carbocycles. The monoisotopic (exact) mass is 1910 g/mol. The number of aromatic nitrogens is 18. The lowest BCUT2D eigenvalue weighted by Crippen LogP contribution is -2.52. The predicted molar refractivity (Wildman–Crippen MR) is 556 cm³/mol. The van der Waals surface area contributed by atoms with Gasteiger partial charge in [0, 0.05) is 266 Å². The number of carbonyl (C=O) groups excluding carboxylic acids is 4. The van der Waals surface area contributed by atoms with Crippen LogP contribution in [0.15, 0.2) is 262 Å². The van der Waals surface area contributed by atoms with Gasteiger partial charge in [-0.15, -0.1) is 0 Å². The highest BCUT2D eigenvalue weighted by molar-refractivity contribution is 6.02. The summed E-state index contributed by atoms with van der Waals surface area (Å²) >= 11 is 0. The summed E-state index contributed by atoms with van der Waals surface area (Å²) in [6, 6.07) is 63.4. The number of likely N-dealkylation sites (tertiary alicyclic amines) is 1. The molecule has 17 aromatic rings. The summed E-state index contributed by atoms with van der Waals surface area (Å²) in [7, 11) is 6.24. The predicted octanol–water partition coefficient (Wildman–Crippen LogP) is 14.4. The first kappa shape index (κ1) is 94.3. The van der Waals surface area contributed by atoms with Crippen molar-refractivity contribution in [3.8, 4) is 45.6 Å². The number of nitrogens with zero attached hydrogens (tertiary/aromatic N) is 24. The SMILES string of the molecule is CN1CCC(CN(C)C(=O)c2cc3cc(Nc4nccc(-c5ccccn5)n4)ccc3[nH]2)CC1.CN1CCN(CCN2CCN(C(=O)c3cc4cc(Nc5nccc(-c6ccccn6)n5)ccc4[nH]3)CC2)CC1.O=C(c1cc2cc(Nc3nccc(-c4ccccn4)n3)ccc2[nH]1)N1CCN(CC2CC2)CC1.O=C(c1cc2cc(Nc3nccc(-c4ccccn4)n3)ccc2[nH]1)N1CCN(c2ncccn2)CC1. The number of amides is 4. The van der Waals surface area contributed by atoms with Crippen LogP contribution in [0.1, 0.15) is 67.6 Å². The molecule has 0 bridgehead atoms. The molecule has 1 aliphatic carbocycles. The van der Waals surface area contributed by atoms with Gasteiger partial charge >= 0.3 is 0 Å². The Labute approximate surface area is 827 Å². The lowest BCUT2D eigenvalue weighted by atomic mass is 9.96. The first-order valence-electron chi connectivity index (χ1n) is 48.9. The number of rotatable bonds is 24. The normalized spacial score (nSPS) is 15.7. The van der Waals surface area contributed by atoms with E-state index in [1.165, 1.54) is 19.4 Å². The second kappa shape index (κ2) is 44.5. The van der Waals surface area contributed by atoms with Gasteiger partial charge in [0.1, 0.15) is 22.8 Å². The number of piperazine rings is 4. The van der Waals surface area contributed by atoms with Crippen LogP contribution in [0.2, 0.25) is 0 Å². The van der Waals surface area contributed by atoms with Crippen LogP contribution in [0.4, 0.5) is 52.5 Å². The van der Waals surface area contributed by atoms with Crippen LogP contribution in [-0.2, 0) is 0 Å². The maximum absolute atomic E-state index is 13.3. The smallest absolute Gasteiger partial charge is 0.270 e. The van der Waals surface area contributed by atoms with Gasteiger partial charge < -0.3 is 75.5 Å². The van der Waals surface area contributed by atoms with Crippen molar-refractivity contribution in [3.63, 3.8) is 0 Å². The summed E-state index contributed by atoms with van der Waals surface area (Å²) in [4.78, 5) is 149. The van der Waals surface area contributed by atoms with E-state index in [9.17, 15) is 19.2 Å². The van der Waals surface area contributed by atoms with Crippen LogP contribution in [0.25, 0.3) is 89.2 Å². The highest BCUT2D eigenvalue weighted by atomic mass is 16.2. The standard InChI is InChI=1S/C29H35N9O.C26H23N9O.C26H27N7O.C26H29N7O/c1-35-10-12-36(13-11-35)14-15-37-16-18-38(19-17-37)28(39)27-21-22-20-23(5-6-24(22)33-27)32-29-31-9-7-26(34-29)25-4-2-3-8-30-25;36-24(34-12-14-35(15-13-34)26-29-9-3-10-30-26)23-17-18-16-19(5-6-20(18)32-23)31-25-28-11-7-22(33-25)21-4-1-2-8-27-21;34-25(33-13-11-32(12-14-33)17-18-4-5-18)24-16-19-15-20(6-7-21(19)30-24)29-26-28-10-8-23(31-26)22-3-1-2-9-27-22;1-32-13-9-18(10-14-32)17-33(2)25(34)24-16-19-15-20(6-7-21(19)30-24)29-26-28-12-8-23(31-26)22-5-3-4-11-27-22/h2-9,20-21,33H,10-19H2,1H3,(H,31,32,34);1-11,16-17,32H,12-15H2,(H,28,31,33);1-3,6-10,15-16,18,30H,4-5,11-14,17H2,(H,28,29,31);3-8,11-12,15-16,18,30H,9-10,13-14,17H2,1-2H3,(H,28,29,31). The molecule has 36 nitrogen and oxygen atoms in total. The molecule has 23 rings (SSSR count). The molecular formula is C107H114N32O4. The number of anilines is 9. The first-order valence-corrected chi connectivity index (χ1v) is 48.9. The van der Waals surface area contributed by atoms with Crippen molar-refractivity contribution in [2.75, 3.05) is 191 Å². The molecule has 36 heteroatoms. The van der Waals surface area contributed by atoms with E-state index >= 15 is 0 Å². The number of hydrogen-bond donors (Lipinski definition) is 8.